The number of rotatable bonds is 17. The summed E-state index contributed by atoms with van der Waals surface area (Å²) in [7, 11) is -3.37. The zero-order valence-electron chi connectivity index (χ0n) is 47.8. The van der Waals surface area contributed by atoms with Crippen molar-refractivity contribution < 1.29 is 18.7 Å². The Balaban J connectivity index is 0.000000162. The number of nitrogens with zero attached hydrogens (tertiary/aromatic N) is 7. The number of aliphatic hydroxyl groups is 1. The highest BCUT2D eigenvalue weighted by molar-refractivity contribution is 9.10. The minimum atomic E-state index is -1.73. The molecule has 2 saturated carbocycles. The predicted molar refractivity (Wildman–Crippen MR) is 330 cm³/mol. The van der Waals surface area contributed by atoms with E-state index in [1.54, 1.807) is 18.6 Å². The number of H-pyrrole nitrogens is 1. The molecule has 0 spiro atoms. The highest BCUT2D eigenvalue weighted by Gasteiger charge is 2.38. The molecule has 1 saturated heterocycles. The van der Waals surface area contributed by atoms with E-state index in [9.17, 15) is 14.7 Å². The number of unbranched alkanes of at least 4 members (excludes halogenated alkanes) is 2. The van der Waals surface area contributed by atoms with Gasteiger partial charge in [-0.15, -0.1) is 0 Å². The van der Waals surface area contributed by atoms with E-state index in [2.05, 4.69) is 172 Å². The molecule has 0 amide bonds. The SMILES string of the molecule is C1CCOC1.CC(C)(C)[Si](C)(C)OCCCCn1c(CO)cc2cc(Br)ccc21.CC(C)(C)[Si](C)(C)OCCCCn1c(Cn2c(=O)n(C3CC3)c3ccncc32)cc2cc(Br)ccc21.O=c1[nH]c2cnccc2n1C1CC1. The second-order valence-electron chi connectivity index (χ2n) is 24.3. The van der Waals surface area contributed by atoms with E-state index in [0.29, 0.717) is 18.6 Å². The van der Waals surface area contributed by atoms with Crippen LogP contribution in [-0.2, 0) is 39.8 Å². The van der Waals surface area contributed by atoms with Crippen molar-refractivity contribution in [1.29, 1.82) is 0 Å². The Bertz CT molecular complexity index is 3390. The minimum absolute atomic E-state index is 0.00880. The number of pyridine rings is 2. The van der Waals surface area contributed by atoms with Gasteiger partial charge in [0.2, 0.25) is 0 Å². The van der Waals surface area contributed by atoms with Gasteiger partial charge in [0.25, 0.3) is 0 Å². The number of halogens is 2. The number of aryl methyl sites for hydroxylation is 2. The van der Waals surface area contributed by atoms with Crippen LogP contribution in [0.2, 0.25) is 36.3 Å². The summed E-state index contributed by atoms with van der Waals surface area (Å²) in [4.78, 5) is 36.1. The molecule has 2 N–H and O–H groups in total. The third-order valence-corrected chi connectivity index (χ3v) is 26.5. The van der Waals surface area contributed by atoms with Crippen LogP contribution in [0.1, 0.15) is 129 Å². The molecule has 2 aliphatic carbocycles. The van der Waals surface area contributed by atoms with Crippen molar-refractivity contribution in [1.82, 2.24) is 37.8 Å². The molecule has 3 aliphatic rings. The van der Waals surface area contributed by atoms with Gasteiger partial charge in [-0.3, -0.25) is 23.7 Å². The van der Waals surface area contributed by atoms with Crippen LogP contribution in [0.4, 0.5) is 0 Å². The van der Waals surface area contributed by atoms with Crippen molar-refractivity contribution in [3.63, 3.8) is 0 Å². The van der Waals surface area contributed by atoms with Gasteiger partial charge in [-0.2, -0.15) is 0 Å². The standard InChI is InChI=1S/C28H37BrN4O2Si.C19H30BrNO2Si.C9H9N3O.C4H8O/c1-28(2,3)36(4,5)35-15-7-6-14-31-23(17-20-16-21(29)8-11-24(20)31)19-32-26-18-30-13-12-25(26)33(27(32)34)22-9-10-22;1-19(2,3)24(4,5)23-11-7-6-10-21-17(14-22)13-15-12-16(20)8-9-18(15)21;13-9-11-7-5-10-4-3-8(7)12(9)6-1-2-6;1-2-4-5-3-1/h8,11-13,16-18,22H,6-7,9-10,14-15,19H2,1-5H3;8-9,12-13,22H,6-7,10-11,14H2,1-5H3;3-6H,1-2H2,(H,11,13);1-4H2. The maximum Gasteiger partial charge on any atom is 0.329 e. The molecule has 18 heteroatoms. The second kappa shape index (κ2) is 25.6. The molecule has 7 heterocycles. The lowest BCUT2D eigenvalue weighted by atomic mass is 10.2. The first kappa shape index (κ1) is 59.7. The minimum Gasteiger partial charge on any atom is -0.417 e. The van der Waals surface area contributed by atoms with E-state index in [1.807, 2.05) is 32.0 Å². The fraction of sp³-hybridized carbons (Fsp3) is 0.533. The van der Waals surface area contributed by atoms with Gasteiger partial charge in [0, 0.05) is 106 Å². The third kappa shape index (κ3) is 14.5. The number of ether oxygens (including phenoxy) is 1. The molecule has 0 radical (unpaired) electrons. The first-order valence-corrected chi connectivity index (χ1v) is 35.6. The van der Waals surface area contributed by atoms with Crippen LogP contribution in [0.15, 0.2) is 104 Å². The lowest BCUT2D eigenvalue weighted by Gasteiger charge is -2.36. The molecular formula is C60H84Br2N8O6Si2. The van der Waals surface area contributed by atoms with Crippen LogP contribution in [0.3, 0.4) is 0 Å². The van der Waals surface area contributed by atoms with E-state index >= 15 is 0 Å². The number of hydrogen-bond acceptors (Lipinski definition) is 8. The molecule has 2 aromatic carbocycles. The summed E-state index contributed by atoms with van der Waals surface area (Å²) in [5, 5.41) is 12.5. The molecule has 422 valence electrons. The van der Waals surface area contributed by atoms with Crippen molar-refractivity contribution in [3.8, 4) is 0 Å². The number of aliphatic hydroxyl groups excluding tert-OH is 1. The highest BCUT2D eigenvalue weighted by atomic mass is 79.9. The Kier molecular flexibility index (Phi) is 19.6. The van der Waals surface area contributed by atoms with Crippen LogP contribution in [0.5, 0.6) is 0 Å². The number of aromatic nitrogens is 8. The normalized spacial score (nSPS) is 15.1. The first-order valence-electron chi connectivity index (χ1n) is 28.2. The smallest absolute Gasteiger partial charge is 0.329 e. The summed E-state index contributed by atoms with van der Waals surface area (Å²) in [6.45, 7) is 29.0. The van der Waals surface area contributed by atoms with Crippen LogP contribution in [0, 0.1) is 0 Å². The van der Waals surface area contributed by atoms with Gasteiger partial charge < -0.3 is 32.8 Å². The highest BCUT2D eigenvalue weighted by Crippen LogP contribution is 2.39. The number of hydrogen-bond donors (Lipinski definition) is 2. The van der Waals surface area contributed by atoms with E-state index < -0.39 is 16.6 Å². The molecule has 14 nitrogen and oxygen atoms in total. The topological polar surface area (TPSA) is 148 Å². The predicted octanol–water partition coefficient (Wildman–Crippen LogP) is 14.7. The lowest BCUT2D eigenvalue weighted by Crippen LogP contribution is -2.40. The number of imidazole rings is 2. The van der Waals surface area contributed by atoms with Crippen molar-refractivity contribution in [2.45, 2.75) is 180 Å². The van der Waals surface area contributed by atoms with Crippen molar-refractivity contribution in [2.24, 2.45) is 0 Å². The average molecular weight is 1230 g/mol. The fourth-order valence-corrected chi connectivity index (χ4v) is 12.5. The molecule has 0 bridgehead atoms. The number of fused-ring (bicyclic) bond motifs is 4. The van der Waals surface area contributed by atoms with Crippen LogP contribution in [-0.4, -0.2) is 86.0 Å². The number of nitrogens with one attached hydrogen (secondary N) is 1. The Morgan fingerprint density at radius 2 is 1.13 bits per heavy atom. The van der Waals surface area contributed by atoms with Crippen LogP contribution < -0.4 is 11.4 Å². The number of benzene rings is 2. The van der Waals surface area contributed by atoms with E-state index in [4.69, 9.17) is 13.6 Å². The quantitative estimate of drug-likeness (QED) is 0.0676. The van der Waals surface area contributed by atoms with Gasteiger partial charge in [-0.25, -0.2) is 9.59 Å². The molecule has 0 unspecified atom stereocenters. The van der Waals surface area contributed by atoms with Crippen molar-refractivity contribution in [3.05, 3.63) is 127 Å². The van der Waals surface area contributed by atoms with Gasteiger partial charge in [0.15, 0.2) is 16.6 Å². The van der Waals surface area contributed by atoms with E-state index in [-0.39, 0.29) is 28.1 Å². The lowest BCUT2D eigenvalue weighted by molar-refractivity contribution is 0.198. The molecular weight excluding hydrogens is 1140 g/mol. The zero-order chi connectivity index (χ0) is 56.0. The molecule has 8 aromatic rings. The molecule has 1 aliphatic heterocycles. The summed E-state index contributed by atoms with van der Waals surface area (Å²) in [6, 6.07) is 21.6. The summed E-state index contributed by atoms with van der Waals surface area (Å²) < 4.78 is 30.1. The van der Waals surface area contributed by atoms with Crippen molar-refractivity contribution >= 4 is 92.4 Å². The first-order chi connectivity index (χ1) is 37.1. The summed E-state index contributed by atoms with van der Waals surface area (Å²) in [6.07, 6.45) is 18.1. The molecule has 3 fully saturated rings. The average Bonchev–Trinajstić information content (AvgIpc) is 4.23. The Labute approximate surface area is 479 Å². The largest absolute Gasteiger partial charge is 0.417 e. The zero-order valence-corrected chi connectivity index (χ0v) is 53.0. The number of aromatic amines is 1. The van der Waals surface area contributed by atoms with Gasteiger partial charge in [0.1, 0.15) is 0 Å². The Hall–Kier alpha value is -4.41. The summed E-state index contributed by atoms with van der Waals surface area (Å²) >= 11 is 7.13. The van der Waals surface area contributed by atoms with Gasteiger partial charge >= 0.3 is 11.4 Å². The second-order valence-corrected chi connectivity index (χ2v) is 35.8. The third-order valence-electron chi connectivity index (χ3n) is 16.4. The molecule has 78 heavy (non-hydrogen) atoms. The monoisotopic (exact) mass is 1230 g/mol. The summed E-state index contributed by atoms with van der Waals surface area (Å²) in [5.74, 6) is 0. The van der Waals surface area contributed by atoms with Crippen LogP contribution >= 0.6 is 31.9 Å². The Morgan fingerprint density at radius 3 is 1.63 bits per heavy atom. The molecule has 0 atom stereocenters. The van der Waals surface area contributed by atoms with E-state index in [0.717, 1.165) is 133 Å². The molecule has 11 rings (SSSR count). The van der Waals surface area contributed by atoms with Gasteiger partial charge in [0.05, 0.1) is 47.6 Å². The van der Waals surface area contributed by atoms with E-state index in [1.165, 1.54) is 34.6 Å². The maximum atomic E-state index is 13.5. The van der Waals surface area contributed by atoms with Gasteiger partial charge in [-0.05, 0) is 161 Å². The fourth-order valence-electron chi connectivity index (χ4n) is 9.53. The van der Waals surface area contributed by atoms with Crippen LogP contribution in [0.25, 0.3) is 43.9 Å². The van der Waals surface area contributed by atoms with Gasteiger partial charge in [-0.1, -0.05) is 73.4 Å². The Morgan fingerprint density at radius 1 is 0.628 bits per heavy atom. The van der Waals surface area contributed by atoms with Crippen molar-refractivity contribution in [2.75, 3.05) is 26.4 Å². The summed E-state index contributed by atoms with van der Waals surface area (Å²) in [5.41, 5.74) is 8.29. The maximum absolute atomic E-state index is 13.5. The molecule has 6 aromatic heterocycles.